The van der Waals surface area contributed by atoms with Crippen molar-refractivity contribution in [3.8, 4) is 11.8 Å². The van der Waals surface area contributed by atoms with Crippen LogP contribution in [0.2, 0.25) is 0 Å². The van der Waals surface area contributed by atoms with E-state index in [0.29, 0.717) is 10.4 Å². The summed E-state index contributed by atoms with van der Waals surface area (Å²) in [6, 6.07) is 0.998. The maximum absolute atomic E-state index is 12.2. The number of ether oxygens (including phenoxy) is 1. The Labute approximate surface area is 122 Å². The first-order chi connectivity index (χ1) is 9.51. The number of hydrogen-bond acceptors (Lipinski definition) is 5. The quantitative estimate of drug-likeness (QED) is 0.642. The van der Waals surface area contributed by atoms with Crippen LogP contribution in [0.25, 0.3) is 0 Å². The Morgan fingerprint density at radius 1 is 1.50 bits per heavy atom. The number of thiophene rings is 1. The molecule has 20 heavy (non-hydrogen) atoms. The number of carbonyl (C=O) groups excluding carboxylic acids is 2. The van der Waals surface area contributed by atoms with E-state index in [0.717, 1.165) is 0 Å². The van der Waals surface area contributed by atoms with Crippen LogP contribution >= 0.6 is 11.3 Å². The standard InChI is InChI=1S/C14H17NO4S/c1-9(2)11(14(18)19-3)15-13(17)12-10(5-4-7-16)6-8-20-12/h6,8-9,11,16H,7H2,1-3H3,(H,15,17). The van der Waals surface area contributed by atoms with Crippen LogP contribution in [0, 0.1) is 17.8 Å². The monoisotopic (exact) mass is 295 g/mol. The van der Waals surface area contributed by atoms with E-state index >= 15 is 0 Å². The van der Waals surface area contributed by atoms with Crippen molar-refractivity contribution >= 4 is 23.2 Å². The first kappa shape index (κ1) is 16.2. The van der Waals surface area contributed by atoms with E-state index in [2.05, 4.69) is 21.9 Å². The lowest BCUT2D eigenvalue weighted by molar-refractivity contribution is -0.144. The van der Waals surface area contributed by atoms with E-state index in [1.807, 2.05) is 13.8 Å². The highest BCUT2D eigenvalue weighted by Gasteiger charge is 2.26. The fraction of sp³-hybridized carbons (Fsp3) is 0.429. The molecule has 0 saturated heterocycles. The maximum Gasteiger partial charge on any atom is 0.328 e. The minimum Gasteiger partial charge on any atom is -0.467 e. The third kappa shape index (κ3) is 4.08. The Bertz CT molecular complexity index is 539. The summed E-state index contributed by atoms with van der Waals surface area (Å²) in [6.07, 6.45) is 0. The van der Waals surface area contributed by atoms with Gasteiger partial charge in [0, 0.05) is 5.56 Å². The summed E-state index contributed by atoms with van der Waals surface area (Å²) in [6.45, 7) is 3.37. The summed E-state index contributed by atoms with van der Waals surface area (Å²) in [7, 11) is 1.28. The van der Waals surface area contributed by atoms with Crippen molar-refractivity contribution in [2.45, 2.75) is 19.9 Å². The second kappa shape index (κ2) is 7.68. The van der Waals surface area contributed by atoms with Crippen molar-refractivity contribution in [1.29, 1.82) is 0 Å². The van der Waals surface area contributed by atoms with Gasteiger partial charge >= 0.3 is 5.97 Å². The minimum atomic E-state index is -0.701. The van der Waals surface area contributed by atoms with E-state index in [1.165, 1.54) is 18.4 Å². The Balaban J connectivity index is 2.90. The SMILES string of the molecule is COC(=O)C(NC(=O)c1sccc1C#CCO)C(C)C. The number of nitrogens with one attached hydrogen (secondary N) is 1. The zero-order valence-corrected chi connectivity index (χ0v) is 12.4. The smallest absolute Gasteiger partial charge is 0.328 e. The van der Waals surface area contributed by atoms with E-state index in [1.54, 1.807) is 11.4 Å². The maximum atomic E-state index is 12.2. The molecular weight excluding hydrogens is 278 g/mol. The number of aliphatic hydroxyl groups excluding tert-OH is 1. The topological polar surface area (TPSA) is 75.6 Å². The van der Waals surface area contributed by atoms with Gasteiger partial charge in [-0.05, 0) is 17.4 Å². The molecule has 0 aliphatic rings. The lowest BCUT2D eigenvalue weighted by Crippen LogP contribution is -2.44. The summed E-state index contributed by atoms with van der Waals surface area (Å²) in [5, 5.41) is 13.1. The molecule has 2 N–H and O–H groups in total. The molecule has 1 atom stereocenters. The molecule has 0 aromatic carbocycles. The highest BCUT2D eigenvalue weighted by Crippen LogP contribution is 2.16. The molecule has 0 aliphatic heterocycles. The second-order valence-corrected chi connectivity index (χ2v) is 5.26. The van der Waals surface area contributed by atoms with Crippen molar-refractivity contribution in [3.05, 3.63) is 21.9 Å². The van der Waals surface area contributed by atoms with Crippen LogP contribution in [0.3, 0.4) is 0 Å². The van der Waals surface area contributed by atoms with Gasteiger partial charge in [-0.3, -0.25) is 4.79 Å². The molecule has 1 aromatic rings. The van der Waals surface area contributed by atoms with Crippen LogP contribution in [0.5, 0.6) is 0 Å². The molecular formula is C14H17NO4S. The van der Waals surface area contributed by atoms with Gasteiger partial charge in [0.2, 0.25) is 0 Å². The van der Waals surface area contributed by atoms with Gasteiger partial charge in [-0.25, -0.2) is 4.79 Å². The second-order valence-electron chi connectivity index (χ2n) is 4.34. The van der Waals surface area contributed by atoms with Crippen molar-refractivity contribution in [1.82, 2.24) is 5.32 Å². The van der Waals surface area contributed by atoms with Gasteiger partial charge in [-0.15, -0.1) is 11.3 Å². The van der Waals surface area contributed by atoms with Gasteiger partial charge in [-0.2, -0.15) is 0 Å². The fourth-order valence-corrected chi connectivity index (χ4v) is 2.30. The van der Waals surface area contributed by atoms with E-state index < -0.39 is 12.0 Å². The lowest BCUT2D eigenvalue weighted by atomic mass is 10.0. The molecule has 0 spiro atoms. The lowest BCUT2D eigenvalue weighted by Gasteiger charge is -2.19. The summed E-state index contributed by atoms with van der Waals surface area (Å²) in [5.74, 6) is 4.27. The molecule has 0 saturated carbocycles. The zero-order chi connectivity index (χ0) is 15.1. The van der Waals surface area contributed by atoms with Gasteiger partial charge in [0.05, 0.1) is 7.11 Å². The summed E-state index contributed by atoms with van der Waals surface area (Å²) in [4.78, 5) is 24.2. The molecule has 1 aromatic heterocycles. The predicted molar refractivity (Wildman–Crippen MR) is 76.4 cm³/mol. The first-order valence-corrected chi connectivity index (χ1v) is 6.95. The Hall–Kier alpha value is -1.84. The van der Waals surface area contributed by atoms with Gasteiger partial charge < -0.3 is 15.2 Å². The average molecular weight is 295 g/mol. The Morgan fingerprint density at radius 3 is 2.75 bits per heavy atom. The van der Waals surface area contributed by atoms with Crippen molar-refractivity contribution in [3.63, 3.8) is 0 Å². The van der Waals surface area contributed by atoms with Crippen molar-refractivity contribution in [2.24, 2.45) is 5.92 Å². The van der Waals surface area contributed by atoms with E-state index in [9.17, 15) is 9.59 Å². The highest BCUT2D eigenvalue weighted by atomic mass is 32.1. The molecule has 1 rings (SSSR count). The van der Waals surface area contributed by atoms with Crippen LogP contribution in [0.15, 0.2) is 11.4 Å². The van der Waals surface area contributed by atoms with Crippen molar-refractivity contribution < 1.29 is 19.4 Å². The number of hydrogen-bond donors (Lipinski definition) is 2. The Morgan fingerprint density at radius 2 is 2.20 bits per heavy atom. The number of amides is 1. The third-order valence-corrected chi connectivity index (χ3v) is 3.50. The van der Waals surface area contributed by atoms with Gasteiger partial charge in [0.15, 0.2) is 0 Å². The molecule has 1 unspecified atom stereocenters. The third-order valence-electron chi connectivity index (χ3n) is 2.58. The molecule has 0 aliphatic carbocycles. The predicted octanol–water partition coefficient (Wildman–Crippen LogP) is 1.02. The largest absolute Gasteiger partial charge is 0.467 e. The minimum absolute atomic E-state index is 0.0849. The summed E-state index contributed by atoms with van der Waals surface area (Å²) < 4.78 is 4.68. The number of rotatable bonds is 4. The number of carbonyl (C=O) groups is 2. The van der Waals surface area contributed by atoms with E-state index in [4.69, 9.17) is 5.11 Å². The van der Waals surface area contributed by atoms with Crippen LogP contribution in [0.1, 0.15) is 29.1 Å². The molecule has 5 nitrogen and oxygen atoms in total. The Kier molecular flexibility index (Phi) is 6.22. The summed E-state index contributed by atoms with van der Waals surface area (Å²) >= 11 is 1.23. The molecule has 0 radical (unpaired) electrons. The van der Waals surface area contributed by atoms with Crippen LogP contribution < -0.4 is 5.32 Å². The summed E-state index contributed by atoms with van der Waals surface area (Å²) in [5.41, 5.74) is 0.536. The van der Waals surface area contributed by atoms with E-state index in [-0.39, 0.29) is 18.4 Å². The van der Waals surface area contributed by atoms with Gasteiger partial charge in [0.25, 0.3) is 5.91 Å². The molecule has 0 fully saturated rings. The zero-order valence-electron chi connectivity index (χ0n) is 11.6. The molecule has 6 heteroatoms. The highest BCUT2D eigenvalue weighted by molar-refractivity contribution is 7.12. The van der Waals surface area contributed by atoms with Crippen molar-refractivity contribution in [2.75, 3.05) is 13.7 Å². The number of esters is 1. The van der Waals surface area contributed by atoms with Gasteiger partial charge in [-0.1, -0.05) is 25.7 Å². The molecule has 0 bridgehead atoms. The molecule has 108 valence electrons. The molecule has 1 amide bonds. The first-order valence-electron chi connectivity index (χ1n) is 6.07. The van der Waals surface area contributed by atoms with Gasteiger partial charge in [0.1, 0.15) is 17.5 Å². The van der Waals surface area contributed by atoms with Crippen LogP contribution in [-0.2, 0) is 9.53 Å². The normalized spacial score (nSPS) is 11.4. The number of methoxy groups -OCH3 is 1. The van der Waals surface area contributed by atoms with Crippen LogP contribution in [-0.4, -0.2) is 36.7 Å². The van der Waals surface area contributed by atoms with Crippen LogP contribution in [0.4, 0.5) is 0 Å². The molecule has 1 heterocycles. The average Bonchev–Trinajstić information content (AvgIpc) is 2.89. The fourth-order valence-electron chi connectivity index (χ4n) is 1.55. The number of aliphatic hydroxyl groups is 1.